The zero-order chi connectivity index (χ0) is 13.1. The zero-order valence-electron chi connectivity index (χ0n) is 9.58. The number of aromatic nitrogens is 2. The van der Waals surface area contributed by atoms with Crippen molar-refractivity contribution < 1.29 is 13.2 Å². The fourth-order valence-electron chi connectivity index (χ4n) is 1.03. The van der Waals surface area contributed by atoms with E-state index in [4.69, 9.17) is 5.14 Å². The predicted octanol–water partition coefficient (Wildman–Crippen LogP) is -0.253. The molecule has 0 aliphatic heterocycles. The van der Waals surface area contributed by atoms with Gasteiger partial charge in [-0.05, 0) is 6.42 Å². The van der Waals surface area contributed by atoms with Crippen molar-refractivity contribution in [3.05, 3.63) is 4.80 Å². The Morgan fingerprint density at radius 1 is 1.59 bits per heavy atom. The van der Waals surface area contributed by atoms with Gasteiger partial charge in [0.05, 0.1) is 0 Å². The summed E-state index contributed by atoms with van der Waals surface area (Å²) in [6.07, 6.45) is 2.00. The van der Waals surface area contributed by atoms with Crippen molar-refractivity contribution in [1.29, 1.82) is 0 Å². The first-order valence-corrected chi connectivity index (χ1v) is 7.35. The van der Waals surface area contributed by atoms with Gasteiger partial charge in [-0.25, -0.2) is 18.2 Å². The Morgan fingerprint density at radius 2 is 2.24 bits per heavy atom. The van der Waals surface area contributed by atoms with Crippen molar-refractivity contribution in [1.82, 2.24) is 9.78 Å². The standard InChI is InChI=1S/C8H14N4O3S2/c1-3-4-5-6(13)10-7-12(2)11-8(16-7)17(9,14)15/h3-5H2,1-2H3,(H2,9,14,15). The summed E-state index contributed by atoms with van der Waals surface area (Å²) in [5.74, 6) is -0.285. The quantitative estimate of drug-likeness (QED) is 0.819. The van der Waals surface area contributed by atoms with E-state index in [1.807, 2.05) is 6.92 Å². The maximum atomic E-state index is 11.4. The summed E-state index contributed by atoms with van der Waals surface area (Å²) < 4.78 is 23.1. The molecule has 0 radical (unpaired) electrons. The van der Waals surface area contributed by atoms with Crippen LogP contribution in [-0.4, -0.2) is 24.1 Å². The summed E-state index contributed by atoms with van der Waals surface area (Å²) in [7, 11) is -2.33. The Balaban J connectivity index is 3.03. The van der Waals surface area contributed by atoms with Gasteiger partial charge in [-0.1, -0.05) is 24.7 Å². The number of carbonyl (C=O) groups is 1. The first-order valence-electron chi connectivity index (χ1n) is 4.99. The second kappa shape index (κ2) is 5.52. The summed E-state index contributed by atoms with van der Waals surface area (Å²) in [6, 6.07) is 0. The number of primary sulfonamides is 1. The lowest BCUT2D eigenvalue weighted by molar-refractivity contribution is -0.118. The molecule has 0 aliphatic rings. The molecule has 0 unspecified atom stereocenters. The van der Waals surface area contributed by atoms with Gasteiger partial charge < -0.3 is 0 Å². The minimum absolute atomic E-state index is 0.232. The number of aryl methyl sites for hydroxylation is 1. The van der Waals surface area contributed by atoms with Crippen LogP contribution in [0, 0.1) is 0 Å². The van der Waals surface area contributed by atoms with E-state index in [9.17, 15) is 13.2 Å². The SMILES string of the molecule is CCCCC(=O)N=c1sc(S(N)(=O)=O)nn1C. The van der Waals surface area contributed by atoms with E-state index in [1.165, 1.54) is 11.7 Å². The molecule has 1 rings (SSSR count). The number of rotatable bonds is 4. The Bertz CT molecular complexity index is 570. The second-order valence-corrected chi connectivity index (χ2v) is 6.12. The van der Waals surface area contributed by atoms with Crippen LogP contribution in [0.5, 0.6) is 0 Å². The molecular formula is C8H14N4O3S2. The summed E-state index contributed by atoms with van der Waals surface area (Å²) in [6.45, 7) is 1.97. The molecule has 0 saturated heterocycles. The third kappa shape index (κ3) is 4.02. The van der Waals surface area contributed by atoms with E-state index in [0.29, 0.717) is 6.42 Å². The van der Waals surface area contributed by atoms with Gasteiger partial charge in [0.25, 0.3) is 10.0 Å². The number of hydrogen-bond acceptors (Lipinski definition) is 5. The van der Waals surface area contributed by atoms with Gasteiger partial charge in [-0.2, -0.15) is 4.99 Å². The van der Waals surface area contributed by atoms with E-state index < -0.39 is 10.0 Å². The Kier molecular flexibility index (Phi) is 4.54. The molecular weight excluding hydrogens is 264 g/mol. The number of carbonyl (C=O) groups excluding carboxylic acids is 1. The zero-order valence-corrected chi connectivity index (χ0v) is 11.2. The van der Waals surface area contributed by atoms with Crippen LogP contribution in [0.3, 0.4) is 0 Å². The van der Waals surface area contributed by atoms with Crippen molar-refractivity contribution in [3.63, 3.8) is 0 Å². The summed E-state index contributed by atoms with van der Waals surface area (Å²) >= 11 is 0.780. The lowest BCUT2D eigenvalue weighted by Crippen LogP contribution is -2.15. The molecule has 7 nitrogen and oxygen atoms in total. The third-order valence-electron chi connectivity index (χ3n) is 1.90. The monoisotopic (exact) mass is 278 g/mol. The van der Waals surface area contributed by atoms with Crippen molar-refractivity contribution in [2.24, 2.45) is 17.2 Å². The minimum atomic E-state index is -3.84. The number of amides is 1. The fourth-order valence-corrected chi connectivity index (χ4v) is 2.59. The fraction of sp³-hybridized carbons (Fsp3) is 0.625. The molecule has 0 aliphatic carbocycles. The Morgan fingerprint density at radius 3 is 2.71 bits per heavy atom. The summed E-state index contributed by atoms with van der Waals surface area (Å²) in [5, 5.41) is 8.62. The number of hydrogen-bond donors (Lipinski definition) is 1. The minimum Gasteiger partial charge on any atom is -0.273 e. The second-order valence-electron chi connectivity index (χ2n) is 3.43. The van der Waals surface area contributed by atoms with Crippen LogP contribution in [0.15, 0.2) is 9.33 Å². The highest BCUT2D eigenvalue weighted by atomic mass is 32.2. The van der Waals surface area contributed by atoms with Gasteiger partial charge in [0.15, 0.2) is 0 Å². The molecule has 0 fully saturated rings. The van der Waals surface area contributed by atoms with Gasteiger partial charge >= 0.3 is 0 Å². The van der Waals surface area contributed by atoms with Crippen molar-refractivity contribution in [2.75, 3.05) is 0 Å². The molecule has 0 aromatic carbocycles. The molecule has 9 heteroatoms. The molecule has 0 saturated carbocycles. The average molecular weight is 278 g/mol. The molecule has 1 heterocycles. The van der Waals surface area contributed by atoms with E-state index in [-0.39, 0.29) is 15.0 Å². The van der Waals surface area contributed by atoms with E-state index in [1.54, 1.807) is 0 Å². The Labute approximate surface area is 103 Å². The third-order valence-corrected chi connectivity index (χ3v) is 4.20. The van der Waals surface area contributed by atoms with Gasteiger partial charge in [0.1, 0.15) is 0 Å². The maximum absolute atomic E-state index is 11.4. The van der Waals surface area contributed by atoms with Crippen LogP contribution >= 0.6 is 11.3 Å². The molecule has 0 spiro atoms. The lowest BCUT2D eigenvalue weighted by Gasteiger charge is -1.90. The van der Waals surface area contributed by atoms with Crippen LogP contribution in [0.25, 0.3) is 0 Å². The van der Waals surface area contributed by atoms with Crippen LogP contribution in [0.1, 0.15) is 26.2 Å². The highest BCUT2D eigenvalue weighted by molar-refractivity contribution is 7.91. The van der Waals surface area contributed by atoms with Crippen LogP contribution in [0.4, 0.5) is 0 Å². The first-order chi connectivity index (χ1) is 7.84. The predicted molar refractivity (Wildman–Crippen MR) is 62.6 cm³/mol. The van der Waals surface area contributed by atoms with Gasteiger partial charge in [-0.3, -0.25) is 4.79 Å². The molecule has 96 valence electrons. The van der Waals surface area contributed by atoms with Gasteiger partial charge in [0.2, 0.25) is 15.0 Å². The van der Waals surface area contributed by atoms with Crippen molar-refractivity contribution in [3.8, 4) is 0 Å². The first kappa shape index (κ1) is 14.0. The summed E-state index contributed by atoms with van der Waals surface area (Å²) in [4.78, 5) is 15.4. The topological polar surface area (TPSA) is 107 Å². The smallest absolute Gasteiger partial charge is 0.267 e. The molecule has 0 atom stereocenters. The Hall–Kier alpha value is -1.06. The normalized spacial score (nSPS) is 13.0. The van der Waals surface area contributed by atoms with Crippen LogP contribution < -0.4 is 9.94 Å². The maximum Gasteiger partial charge on any atom is 0.267 e. The van der Waals surface area contributed by atoms with Crippen molar-refractivity contribution in [2.45, 2.75) is 30.5 Å². The molecule has 1 aromatic rings. The van der Waals surface area contributed by atoms with E-state index in [0.717, 1.165) is 24.2 Å². The number of nitrogens with zero attached hydrogens (tertiary/aromatic N) is 3. The number of nitrogens with two attached hydrogens (primary N) is 1. The van der Waals surface area contributed by atoms with Crippen LogP contribution in [-0.2, 0) is 21.9 Å². The largest absolute Gasteiger partial charge is 0.273 e. The number of unbranched alkanes of at least 4 members (excludes halogenated alkanes) is 1. The molecule has 0 bridgehead atoms. The van der Waals surface area contributed by atoms with E-state index >= 15 is 0 Å². The molecule has 1 amide bonds. The van der Waals surface area contributed by atoms with Crippen molar-refractivity contribution >= 4 is 27.3 Å². The van der Waals surface area contributed by atoms with E-state index in [2.05, 4.69) is 10.1 Å². The molecule has 2 N–H and O–H groups in total. The summed E-state index contributed by atoms with van der Waals surface area (Å²) in [5.41, 5.74) is 0. The van der Waals surface area contributed by atoms with Gasteiger partial charge in [0, 0.05) is 13.5 Å². The molecule has 1 aromatic heterocycles. The van der Waals surface area contributed by atoms with Gasteiger partial charge in [-0.15, -0.1) is 5.10 Å². The lowest BCUT2D eigenvalue weighted by atomic mass is 10.2. The average Bonchev–Trinajstić information content (AvgIpc) is 2.57. The highest BCUT2D eigenvalue weighted by Crippen LogP contribution is 2.04. The molecule has 17 heavy (non-hydrogen) atoms. The number of sulfonamides is 1. The highest BCUT2D eigenvalue weighted by Gasteiger charge is 2.14. The van der Waals surface area contributed by atoms with Crippen LogP contribution in [0.2, 0.25) is 0 Å².